The lowest BCUT2D eigenvalue weighted by Crippen LogP contribution is -2.31. The summed E-state index contributed by atoms with van der Waals surface area (Å²) in [5, 5.41) is 11.6. The maximum Gasteiger partial charge on any atom is 0.278 e. The molecule has 0 bridgehead atoms. The molecule has 4 N–H and O–H groups in total. The fraction of sp³-hybridized carbons (Fsp3) is 0.200. The van der Waals surface area contributed by atoms with E-state index < -0.39 is 17.4 Å². The number of benzene rings is 1. The molecule has 0 aliphatic carbocycles. The Morgan fingerprint density at radius 3 is 2.83 bits per heavy atom. The SMILES string of the molecule is COc1cnc2c(Nc3ccc4c(c3)[C@@](C)(CCOC(=N)N)c3cc(Cl)nc(F)c3O4)nccc2c1. The van der Waals surface area contributed by atoms with Gasteiger partial charge in [0.25, 0.3) is 12.0 Å². The largest absolute Gasteiger partial charge is 0.495 e. The van der Waals surface area contributed by atoms with Gasteiger partial charge in [-0.05, 0) is 42.8 Å². The Kier molecular flexibility index (Phi) is 5.97. The first-order chi connectivity index (χ1) is 17.3. The van der Waals surface area contributed by atoms with Gasteiger partial charge in [-0.1, -0.05) is 18.5 Å². The van der Waals surface area contributed by atoms with Crippen LogP contribution in [0.2, 0.25) is 5.15 Å². The van der Waals surface area contributed by atoms with Crippen LogP contribution >= 0.6 is 11.6 Å². The van der Waals surface area contributed by atoms with E-state index in [1.165, 1.54) is 0 Å². The van der Waals surface area contributed by atoms with Gasteiger partial charge in [-0.15, -0.1) is 0 Å². The minimum Gasteiger partial charge on any atom is -0.495 e. The lowest BCUT2D eigenvalue weighted by atomic mass is 9.72. The molecule has 184 valence electrons. The molecule has 1 aliphatic rings. The standard InChI is InChI=1S/C25H22ClFN6O3/c1-25(6-8-35-24(28)29)16-10-14(3-4-18(16)36-21-17(25)11-19(26)33-22(21)27)32-23-20-13(5-7-30-23)9-15(34-2)12-31-20/h3-5,7,9-12H,6,8H2,1-2H3,(H3,28,29)(H,30,32)/t25-/m1/s1. The molecule has 0 saturated carbocycles. The number of nitrogens with two attached hydrogens (primary N) is 1. The Balaban J connectivity index is 1.57. The molecule has 0 fully saturated rings. The summed E-state index contributed by atoms with van der Waals surface area (Å²) in [6.07, 6.45) is 3.68. The van der Waals surface area contributed by atoms with Crippen LogP contribution in [0.5, 0.6) is 17.2 Å². The van der Waals surface area contributed by atoms with Crippen molar-refractivity contribution in [1.29, 1.82) is 5.41 Å². The third-order valence-corrected chi connectivity index (χ3v) is 6.41. The minimum absolute atomic E-state index is 0.00630. The lowest BCUT2D eigenvalue weighted by molar-refractivity contribution is 0.253. The first kappa shape index (κ1) is 23.6. The molecule has 36 heavy (non-hydrogen) atoms. The number of ether oxygens (including phenoxy) is 3. The second-order valence-electron chi connectivity index (χ2n) is 8.45. The fourth-order valence-electron chi connectivity index (χ4n) is 4.38. The zero-order valence-corrected chi connectivity index (χ0v) is 20.2. The molecule has 0 unspecified atom stereocenters. The van der Waals surface area contributed by atoms with Crippen molar-refractivity contribution < 1.29 is 18.6 Å². The van der Waals surface area contributed by atoms with Crippen LogP contribution in [0.3, 0.4) is 0 Å². The van der Waals surface area contributed by atoms with Crippen LogP contribution in [-0.2, 0) is 10.2 Å². The van der Waals surface area contributed by atoms with Crippen molar-refractivity contribution in [1.82, 2.24) is 15.0 Å². The van der Waals surface area contributed by atoms with Gasteiger partial charge in [0.05, 0.1) is 19.9 Å². The van der Waals surface area contributed by atoms with Crippen molar-refractivity contribution >= 4 is 40.0 Å². The normalized spacial score (nSPS) is 16.0. The van der Waals surface area contributed by atoms with Crippen LogP contribution in [0, 0.1) is 11.4 Å². The number of methoxy groups -OCH3 is 1. The maximum atomic E-state index is 14.7. The number of nitrogens with zero attached hydrogens (tertiary/aromatic N) is 3. The van der Waals surface area contributed by atoms with Crippen molar-refractivity contribution in [2.24, 2.45) is 5.73 Å². The van der Waals surface area contributed by atoms with Crippen LogP contribution in [0.15, 0.2) is 48.8 Å². The molecule has 1 aromatic carbocycles. The van der Waals surface area contributed by atoms with Gasteiger partial charge in [0.1, 0.15) is 22.2 Å². The number of fused-ring (bicyclic) bond motifs is 3. The third-order valence-electron chi connectivity index (χ3n) is 6.21. The molecule has 0 radical (unpaired) electrons. The minimum atomic E-state index is -0.800. The Labute approximate surface area is 210 Å². The van der Waals surface area contributed by atoms with E-state index in [1.807, 2.05) is 31.2 Å². The number of rotatable bonds is 6. The van der Waals surface area contributed by atoms with Gasteiger partial charge in [0.2, 0.25) is 0 Å². The molecule has 4 aromatic rings. The maximum absolute atomic E-state index is 14.7. The van der Waals surface area contributed by atoms with Gasteiger partial charge in [-0.3, -0.25) is 5.41 Å². The van der Waals surface area contributed by atoms with Crippen LogP contribution in [0.1, 0.15) is 24.5 Å². The number of hydrogen-bond acceptors (Lipinski definition) is 8. The summed E-state index contributed by atoms with van der Waals surface area (Å²) in [6.45, 7) is 2.06. The topological polar surface area (TPSA) is 128 Å². The Hall–Kier alpha value is -4.18. The molecule has 3 aromatic heterocycles. The van der Waals surface area contributed by atoms with Gasteiger partial charge in [0.15, 0.2) is 11.6 Å². The Morgan fingerprint density at radius 2 is 2.06 bits per heavy atom. The van der Waals surface area contributed by atoms with Crippen molar-refractivity contribution in [3.05, 3.63) is 71.0 Å². The Morgan fingerprint density at radius 1 is 1.22 bits per heavy atom. The van der Waals surface area contributed by atoms with Crippen molar-refractivity contribution in [2.75, 3.05) is 19.0 Å². The van der Waals surface area contributed by atoms with Gasteiger partial charge in [-0.25, -0.2) is 15.0 Å². The van der Waals surface area contributed by atoms with Crippen molar-refractivity contribution in [3.63, 3.8) is 0 Å². The van der Waals surface area contributed by atoms with Crippen LogP contribution in [0.25, 0.3) is 10.9 Å². The molecule has 1 aliphatic heterocycles. The summed E-state index contributed by atoms with van der Waals surface area (Å²) < 4.78 is 31.2. The number of anilines is 2. The molecule has 0 saturated heterocycles. The van der Waals surface area contributed by atoms with Crippen molar-refractivity contribution in [3.8, 4) is 17.2 Å². The predicted molar refractivity (Wildman–Crippen MR) is 134 cm³/mol. The predicted octanol–water partition coefficient (Wildman–Crippen LogP) is 5.28. The monoisotopic (exact) mass is 508 g/mol. The first-order valence-electron chi connectivity index (χ1n) is 11.0. The van der Waals surface area contributed by atoms with E-state index in [-0.39, 0.29) is 17.5 Å². The molecule has 4 heterocycles. The second-order valence-corrected chi connectivity index (χ2v) is 8.84. The molecule has 0 amide bonds. The summed E-state index contributed by atoms with van der Waals surface area (Å²) in [6, 6.07) is 10.4. The summed E-state index contributed by atoms with van der Waals surface area (Å²) in [4.78, 5) is 12.6. The van der Waals surface area contributed by atoms with E-state index in [9.17, 15) is 4.39 Å². The van der Waals surface area contributed by atoms with Crippen LogP contribution < -0.4 is 20.5 Å². The Bertz CT molecular complexity index is 1500. The molecule has 5 rings (SSSR count). The van der Waals surface area contributed by atoms with E-state index >= 15 is 0 Å². The zero-order valence-electron chi connectivity index (χ0n) is 19.4. The molecule has 11 heteroatoms. The average Bonchev–Trinajstić information content (AvgIpc) is 2.85. The van der Waals surface area contributed by atoms with E-state index in [0.29, 0.717) is 34.8 Å². The third kappa shape index (κ3) is 4.20. The molecule has 9 nitrogen and oxygen atoms in total. The number of nitrogens with one attached hydrogen (secondary N) is 2. The smallest absolute Gasteiger partial charge is 0.278 e. The number of aromatic nitrogens is 3. The van der Waals surface area contributed by atoms with E-state index in [1.54, 1.807) is 31.6 Å². The highest BCUT2D eigenvalue weighted by Gasteiger charge is 2.40. The number of amidine groups is 1. The molecular formula is C25H22ClFN6O3. The quantitative estimate of drug-likeness (QED) is 0.182. The second kappa shape index (κ2) is 9.12. The molecule has 1 atom stereocenters. The molecular weight excluding hydrogens is 487 g/mol. The van der Waals surface area contributed by atoms with Gasteiger partial charge >= 0.3 is 0 Å². The summed E-state index contributed by atoms with van der Waals surface area (Å²) >= 11 is 6.11. The molecule has 0 spiro atoms. The van der Waals surface area contributed by atoms with E-state index in [2.05, 4.69) is 20.3 Å². The summed E-state index contributed by atoms with van der Waals surface area (Å²) in [7, 11) is 1.59. The highest BCUT2D eigenvalue weighted by molar-refractivity contribution is 6.29. The first-order valence-corrected chi connectivity index (χ1v) is 11.4. The summed E-state index contributed by atoms with van der Waals surface area (Å²) in [5.41, 5.74) is 7.27. The lowest BCUT2D eigenvalue weighted by Gasteiger charge is -2.37. The summed E-state index contributed by atoms with van der Waals surface area (Å²) in [5.74, 6) is 0.882. The number of halogens is 2. The van der Waals surface area contributed by atoms with Crippen LogP contribution in [-0.4, -0.2) is 34.7 Å². The number of hydrogen-bond donors (Lipinski definition) is 3. The average molecular weight is 509 g/mol. The van der Waals surface area contributed by atoms with Gasteiger partial charge in [-0.2, -0.15) is 4.39 Å². The van der Waals surface area contributed by atoms with E-state index in [0.717, 1.165) is 16.6 Å². The van der Waals surface area contributed by atoms with Crippen molar-refractivity contribution in [2.45, 2.75) is 18.8 Å². The van der Waals surface area contributed by atoms with Gasteiger partial charge < -0.3 is 25.3 Å². The zero-order chi connectivity index (χ0) is 25.4. The van der Waals surface area contributed by atoms with E-state index in [4.69, 9.17) is 37.0 Å². The highest BCUT2D eigenvalue weighted by Crippen LogP contribution is 2.51. The fourth-order valence-corrected chi connectivity index (χ4v) is 4.56. The van der Waals surface area contributed by atoms with Gasteiger partial charge in [0, 0.05) is 33.8 Å². The van der Waals surface area contributed by atoms with Crippen LogP contribution in [0.4, 0.5) is 15.9 Å². The highest BCUT2D eigenvalue weighted by atomic mass is 35.5. The number of pyridine rings is 3.